The van der Waals surface area contributed by atoms with E-state index in [9.17, 15) is 9.59 Å². The third-order valence-corrected chi connectivity index (χ3v) is 9.21. The van der Waals surface area contributed by atoms with Crippen molar-refractivity contribution >= 4 is 11.9 Å². The summed E-state index contributed by atoms with van der Waals surface area (Å²) in [5.74, 6) is 2.09. The average molecular weight is 590 g/mol. The predicted octanol–water partition coefficient (Wildman–Crippen LogP) is 7.98. The fourth-order valence-electron chi connectivity index (χ4n) is 6.35. The molecule has 1 aromatic rings. The van der Waals surface area contributed by atoms with Crippen LogP contribution in [0.1, 0.15) is 121 Å². The summed E-state index contributed by atoms with van der Waals surface area (Å²) in [7, 11) is 0. The fourth-order valence-corrected chi connectivity index (χ4v) is 6.35. The largest absolute Gasteiger partial charge is 0.492 e. The number of rotatable bonds is 20. The van der Waals surface area contributed by atoms with Crippen LogP contribution < -0.4 is 9.47 Å². The molecular formula is C35H59NO6. The van der Waals surface area contributed by atoms with Crippen LogP contribution in [-0.2, 0) is 16.0 Å². The number of nitrogens with zero attached hydrogens (tertiary/aromatic N) is 1. The lowest BCUT2D eigenvalue weighted by Crippen LogP contribution is -2.38. The van der Waals surface area contributed by atoms with Crippen LogP contribution in [0.5, 0.6) is 11.5 Å². The molecular weight excluding hydrogens is 530 g/mol. The number of ether oxygens (including phenoxy) is 2. The van der Waals surface area contributed by atoms with Crippen molar-refractivity contribution in [1.29, 1.82) is 0 Å². The first-order valence-electron chi connectivity index (χ1n) is 16.3. The molecule has 0 fully saturated rings. The van der Waals surface area contributed by atoms with Gasteiger partial charge in [-0.3, -0.25) is 14.5 Å². The summed E-state index contributed by atoms with van der Waals surface area (Å²) in [4.78, 5) is 23.6. The van der Waals surface area contributed by atoms with Gasteiger partial charge in [-0.25, -0.2) is 0 Å². The van der Waals surface area contributed by atoms with Crippen molar-refractivity contribution in [3.05, 3.63) is 22.3 Å². The van der Waals surface area contributed by atoms with Crippen LogP contribution in [0.15, 0.2) is 0 Å². The molecule has 1 aliphatic rings. The highest BCUT2D eigenvalue weighted by Crippen LogP contribution is 2.45. The second kappa shape index (κ2) is 17.1. The SMILES string of the molecule is Cc1c(C)c2c(c(C)c1OCCN(CC(=O)O)CC(=O)O)CC[C@@](C)(CCC[C@H](C)CCC[C@H](C)CCCC(C)C)O2. The summed E-state index contributed by atoms with van der Waals surface area (Å²) in [6.45, 7) is 17.7. The Kier molecular flexibility index (Phi) is 14.6. The van der Waals surface area contributed by atoms with E-state index in [2.05, 4.69) is 48.5 Å². The van der Waals surface area contributed by atoms with Gasteiger partial charge in [0.1, 0.15) is 23.7 Å². The molecule has 0 radical (unpaired) electrons. The molecule has 2 N–H and O–H groups in total. The predicted molar refractivity (Wildman–Crippen MR) is 170 cm³/mol. The van der Waals surface area contributed by atoms with Gasteiger partial charge < -0.3 is 19.7 Å². The van der Waals surface area contributed by atoms with Gasteiger partial charge in [0.2, 0.25) is 0 Å². The minimum absolute atomic E-state index is 0.169. The third kappa shape index (κ3) is 11.8. The van der Waals surface area contributed by atoms with E-state index in [0.717, 1.165) is 65.2 Å². The van der Waals surface area contributed by atoms with Crippen LogP contribution in [0.25, 0.3) is 0 Å². The highest BCUT2D eigenvalue weighted by atomic mass is 16.5. The first-order valence-corrected chi connectivity index (χ1v) is 16.3. The van der Waals surface area contributed by atoms with Gasteiger partial charge in [0.05, 0.1) is 13.1 Å². The van der Waals surface area contributed by atoms with Crippen molar-refractivity contribution in [2.45, 2.75) is 132 Å². The number of carboxylic acid groups (broad SMARTS) is 2. The summed E-state index contributed by atoms with van der Waals surface area (Å²) in [6.07, 6.45) is 13.5. The normalized spacial score (nSPS) is 18.0. The molecule has 1 aromatic carbocycles. The Bertz CT molecular complexity index is 1010. The Labute approximate surface area is 255 Å². The van der Waals surface area contributed by atoms with E-state index in [1.165, 1.54) is 61.8 Å². The van der Waals surface area contributed by atoms with Gasteiger partial charge in [-0.1, -0.05) is 72.6 Å². The summed E-state index contributed by atoms with van der Waals surface area (Å²) >= 11 is 0. The smallest absolute Gasteiger partial charge is 0.317 e. The van der Waals surface area contributed by atoms with Gasteiger partial charge in [0.15, 0.2) is 0 Å². The summed E-state index contributed by atoms with van der Waals surface area (Å²) in [5, 5.41) is 18.2. The van der Waals surface area contributed by atoms with E-state index in [1.807, 2.05) is 6.92 Å². The molecule has 2 rings (SSSR count). The monoisotopic (exact) mass is 589 g/mol. The van der Waals surface area contributed by atoms with Crippen molar-refractivity contribution < 1.29 is 29.3 Å². The molecule has 0 aliphatic carbocycles. The first kappa shape index (κ1) is 35.9. The van der Waals surface area contributed by atoms with Crippen molar-refractivity contribution in [2.24, 2.45) is 17.8 Å². The van der Waals surface area contributed by atoms with Crippen molar-refractivity contribution in [2.75, 3.05) is 26.2 Å². The molecule has 0 saturated carbocycles. The Morgan fingerprint density at radius 1 is 0.857 bits per heavy atom. The van der Waals surface area contributed by atoms with Crippen LogP contribution in [-0.4, -0.2) is 58.9 Å². The molecule has 1 aliphatic heterocycles. The van der Waals surface area contributed by atoms with Crippen molar-refractivity contribution in [3.63, 3.8) is 0 Å². The Morgan fingerprint density at radius 3 is 1.95 bits per heavy atom. The number of carbonyl (C=O) groups is 2. The van der Waals surface area contributed by atoms with Crippen LogP contribution in [0.3, 0.4) is 0 Å². The average Bonchev–Trinajstić information content (AvgIpc) is 2.88. The molecule has 0 bridgehead atoms. The van der Waals surface area contributed by atoms with Gasteiger partial charge >= 0.3 is 11.9 Å². The van der Waals surface area contributed by atoms with Crippen LogP contribution >= 0.6 is 0 Å². The highest BCUT2D eigenvalue weighted by Gasteiger charge is 2.34. The van der Waals surface area contributed by atoms with Crippen molar-refractivity contribution in [1.82, 2.24) is 4.90 Å². The molecule has 0 amide bonds. The van der Waals surface area contributed by atoms with Crippen molar-refractivity contribution in [3.8, 4) is 11.5 Å². The lowest BCUT2D eigenvalue weighted by atomic mass is 9.83. The van der Waals surface area contributed by atoms with Gasteiger partial charge in [-0.2, -0.15) is 0 Å². The maximum Gasteiger partial charge on any atom is 0.317 e. The van der Waals surface area contributed by atoms with Gasteiger partial charge in [0.25, 0.3) is 0 Å². The molecule has 42 heavy (non-hydrogen) atoms. The van der Waals surface area contributed by atoms with E-state index in [0.29, 0.717) is 0 Å². The number of hydrogen-bond acceptors (Lipinski definition) is 5. The van der Waals surface area contributed by atoms with E-state index < -0.39 is 11.9 Å². The maximum absolute atomic E-state index is 11.1. The minimum atomic E-state index is -1.06. The topological polar surface area (TPSA) is 96.3 Å². The van der Waals surface area contributed by atoms with E-state index in [-0.39, 0.29) is 31.8 Å². The zero-order valence-electron chi connectivity index (χ0n) is 27.8. The van der Waals surface area contributed by atoms with Gasteiger partial charge in [-0.05, 0) is 87.8 Å². The second-order valence-electron chi connectivity index (χ2n) is 13.8. The molecule has 0 aromatic heterocycles. The van der Waals surface area contributed by atoms with Crippen LogP contribution in [0.4, 0.5) is 0 Å². The highest BCUT2D eigenvalue weighted by molar-refractivity contribution is 5.72. The lowest BCUT2D eigenvalue weighted by Gasteiger charge is -2.38. The number of carboxylic acids is 2. The molecule has 0 saturated heterocycles. The first-order chi connectivity index (χ1) is 19.7. The van der Waals surface area contributed by atoms with Gasteiger partial charge in [0, 0.05) is 12.1 Å². The lowest BCUT2D eigenvalue weighted by molar-refractivity contribution is -0.141. The molecule has 7 nitrogen and oxygen atoms in total. The number of benzene rings is 1. The van der Waals surface area contributed by atoms with Crippen LogP contribution in [0.2, 0.25) is 0 Å². The number of hydrogen-bond donors (Lipinski definition) is 2. The quantitative estimate of drug-likeness (QED) is 0.159. The summed E-state index contributed by atoms with van der Waals surface area (Å²) in [5.41, 5.74) is 4.18. The van der Waals surface area contributed by atoms with Gasteiger partial charge in [-0.15, -0.1) is 0 Å². The Balaban J connectivity index is 1.88. The number of fused-ring (bicyclic) bond motifs is 1. The van der Waals surface area contributed by atoms with E-state index >= 15 is 0 Å². The van der Waals surface area contributed by atoms with E-state index in [4.69, 9.17) is 19.7 Å². The van der Waals surface area contributed by atoms with Crippen LogP contribution in [0, 0.1) is 38.5 Å². The Morgan fingerprint density at radius 2 is 1.40 bits per heavy atom. The molecule has 240 valence electrons. The molecule has 0 spiro atoms. The molecule has 1 heterocycles. The summed E-state index contributed by atoms with van der Waals surface area (Å²) in [6, 6.07) is 0. The molecule has 7 heteroatoms. The summed E-state index contributed by atoms with van der Waals surface area (Å²) < 4.78 is 12.9. The third-order valence-electron chi connectivity index (χ3n) is 9.21. The molecule has 0 unspecified atom stereocenters. The maximum atomic E-state index is 11.1. The van der Waals surface area contributed by atoms with E-state index in [1.54, 1.807) is 0 Å². The second-order valence-corrected chi connectivity index (χ2v) is 13.8. The molecule has 3 atom stereocenters. The minimum Gasteiger partial charge on any atom is -0.492 e. The zero-order chi connectivity index (χ0) is 31.4. The standard InChI is InChI=1S/C35H59NO6/c1-24(2)12-9-13-25(3)14-10-15-26(4)16-11-18-35(8)19-17-30-29(7)33(27(5)28(6)34(30)42-35)41-21-20-36(22-31(37)38)23-32(39)40/h24-26H,9-23H2,1-8H3,(H,37,38)(H,39,40)/t25-,26-,35-/m1/s1. The fraction of sp³-hybridized carbons (Fsp3) is 0.771. The zero-order valence-corrected chi connectivity index (χ0v) is 27.8. The number of aliphatic carboxylic acids is 2. The Hall–Kier alpha value is -2.28.